The first-order valence-electron chi connectivity index (χ1n) is 11.7. The number of carbonyl (C=O) groups is 1. The molecule has 0 unspecified atom stereocenters. The van der Waals surface area contributed by atoms with Crippen molar-refractivity contribution >= 4 is 5.91 Å². The van der Waals surface area contributed by atoms with Crippen molar-refractivity contribution in [3.05, 3.63) is 59.7 Å². The van der Waals surface area contributed by atoms with Gasteiger partial charge in [0.15, 0.2) is 0 Å². The summed E-state index contributed by atoms with van der Waals surface area (Å²) in [5, 5.41) is 14.9. The molecule has 1 aromatic carbocycles. The zero-order valence-corrected chi connectivity index (χ0v) is 18.7. The number of amides is 1. The highest BCUT2D eigenvalue weighted by molar-refractivity contribution is 5.94. The van der Waals surface area contributed by atoms with Crippen LogP contribution in [-0.2, 0) is 20.0 Å². The Morgan fingerprint density at radius 3 is 2.78 bits per heavy atom. The van der Waals surface area contributed by atoms with E-state index < -0.39 is 6.10 Å². The summed E-state index contributed by atoms with van der Waals surface area (Å²) in [5.74, 6) is 0.913. The molecule has 1 amide bonds. The van der Waals surface area contributed by atoms with Crippen LogP contribution in [0.15, 0.2) is 42.7 Å². The minimum atomic E-state index is -0.624. The predicted octanol–water partition coefficient (Wildman–Crippen LogP) is 3.74. The first kappa shape index (κ1) is 20.9. The molecule has 168 valence electrons. The van der Waals surface area contributed by atoms with Crippen molar-refractivity contribution in [1.82, 2.24) is 24.2 Å². The fraction of sp³-hybridized carbons (Fsp3) is 0.480. The molecule has 32 heavy (non-hydrogen) atoms. The number of carbonyl (C=O) groups excluding carboxylic acids is 1. The van der Waals surface area contributed by atoms with Crippen LogP contribution in [0.25, 0.3) is 11.4 Å². The van der Waals surface area contributed by atoms with Crippen molar-refractivity contribution in [2.24, 2.45) is 7.05 Å². The molecule has 3 aromatic rings. The second kappa shape index (κ2) is 8.90. The number of likely N-dealkylation sites (tertiary alicyclic amines) is 1. The predicted molar refractivity (Wildman–Crippen MR) is 122 cm³/mol. The minimum Gasteiger partial charge on any atom is -0.388 e. The SMILES string of the molecule is Cn1cc([C@@H](O)C[C@@H]2CCCN2C(=O)c2nc(-c3ccccc3)n3c2CCCCC3)cn1. The molecule has 7 nitrogen and oxygen atoms in total. The minimum absolute atomic E-state index is 0.0127. The van der Waals surface area contributed by atoms with Gasteiger partial charge in [-0.15, -0.1) is 0 Å². The van der Waals surface area contributed by atoms with Crippen molar-refractivity contribution in [1.29, 1.82) is 0 Å². The molecule has 2 aliphatic rings. The number of benzene rings is 1. The van der Waals surface area contributed by atoms with Crippen molar-refractivity contribution in [3.63, 3.8) is 0 Å². The summed E-state index contributed by atoms with van der Waals surface area (Å²) < 4.78 is 3.97. The van der Waals surface area contributed by atoms with Crippen molar-refractivity contribution in [2.45, 2.75) is 63.6 Å². The summed E-state index contributed by atoms with van der Waals surface area (Å²) >= 11 is 0. The van der Waals surface area contributed by atoms with E-state index in [9.17, 15) is 9.90 Å². The Balaban J connectivity index is 1.43. The normalized spacial score (nSPS) is 19.6. The average Bonchev–Trinajstić information content (AvgIpc) is 3.49. The van der Waals surface area contributed by atoms with E-state index in [2.05, 4.69) is 21.8 Å². The molecule has 0 spiro atoms. The summed E-state index contributed by atoms with van der Waals surface area (Å²) in [5.41, 5.74) is 3.53. The first-order valence-corrected chi connectivity index (χ1v) is 11.7. The van der Waals surface area contributed by atoms with Crippen LogP contribution in [0.1, 0.15) is 66.4 Å². The van der Waals surface area contributed by atoms with Crippen molar-refractivity contribution in [2.75, 3.05) is 6.54 Å². The van der Waals surface area contributed by atoms with E-state index in [1.54, 1.807) is 10.9 Å². The largest absolute Gasteiger partial charge is 0.388 e. The van der Waals surface area contributed by atoms with Crippen molar-refractivity contribution < 1.29 is 9.90 Å². The van der Waals surface area contributed by atoms with Gasteiger partial charge in [-0.05, 0) is 38.5 Å². The van der Waals surface area contributed by atoms with E-state index in [0.29, 0.717) is 12.1 Å². The molecule has 1 fully saturated rings. The van der Waals surface area contributed by atoms with Gasteiger partial charge in [-0.2, -0.15) is 5.10 Å². The molecule has 1 saturated heterocycles. The zero-order chi connectivity index (χ0) is 22.1. The van der Waals surface area contributed by atoms with Crippen LogP contribution >= 0.6 is 0 Å². The zero-order valence-electron chi connectivity index (χ0n) is 18.7. The lowest BCUT2D eigenvalue weighted by atomic mass is 10.0. The molecule has 0 saturated carbocycles. The summed E-state index contributed by atoms with van der Waals surface area (Å²) in [7, 11) is 1.84. The molecule has 2 atom stereocenters. The van der Waals surface area contributed by atoms with E-state index in [4.69, 9.17) is 4.98 Å². The van der Waals surface area contributed by atoms with Crippen LogP contribution in [0.4, 0.5) is 0 Å². The van der Waals surface area contributed by atoms with Crippen LogP contribution in [0.3, 0.4) is 0 Å². The smallest absolute Gasteiger partial charge is 0.274 e. The van der Waals surface area contributed by atoms with Crippen molar-refractivity contribution in [3.8, 4) is 11.4 Å². The fourth-order valence-electron chi connectivity index (χ4n) is 5.19. The number of hydrogen-bond acceptors (Lipinski definition) is 4. The Kier molecular flexibility index (Phi) is 5.83. The van der Waals surface area contributed by atoms with Crippen LogP contribution in [-0.4, -0.2) is 47.8 Å². The van der Waals surface area contributed by atoms with Gasteiger partial charge in [-0.25, -0.2) is 4.98 Å². The van der Waals surface area contributed by atoms with Crippen LogP contribution < -0.4 is 0 Å². The van der Waals surface area contributed by atoms with Crippen LogP contribution in [0.2, 0.25) is 0 Å². The van der Waals surface area contributed by atoms with Crippen LogP contribution in [0.5, 0.6) is 0 Å². The maximum Gasteiger partial charge on any atom is 0.274 e. The molecule has 4 heterocycles. The molecule has 7 heteroatoms. The molecular weight excluding hydrogens is 402 g/mol. The van der Waals surface area contributed by atoms with Gasteiger partial charge < -0.3 is 14.6 Å². The van der Waals surface area contributed by atoms with E-state index in [-0.39, 0.29) is 11.9 Å². The summed E-state index contributed by atoms with van der Waals surface area (Å²) in [6.45, 7) is 1.62. The average molecular weight is 434 g/mol. The standard InChI is InChI=1S/C25H31N5O2/c1-28-17-19(16-26-28)22(31)15-20-11-8-14-29(20)25(32)23-21-12-6-3-7-13-30(21)24(27-23)18-9-4-2-5-10-18/h2,4-5,9-10,16-17,20,22,31H,3,6-8,11-15H2,1H3/t20-,22-/m0/s1. The summed E-state index contributed by atoms with van der Waals surface area (Å²) in [4.78, 5) is 20.6. The molecule has 2 aliphatic heterocycles. The lowest BCUT2D eigenvalue weighted by molar-refractivity contribution is 0.0660. The van der Waals surface area contributed by atoms with Gasteiger partial charge in [-0.3, -0.25) is 9.48 Å². The number of fused-ring (bicyclic) bond motifs is 1. The topological polar surface area (TPSA) is 76.2 Å². The fourth-order valence-corrected chi connectivity index (χ4v) is 5.19. The van der Waals surface area contributed by atoms with E-state index >= 15 is 0 Å². The second-order valence-corrected chi connectivity index (χ2v) is 9.05. The van der Waals surface area contributed by atoms with Crippen LogP contribution in [0, 0.1) is 0 Å². The van der Waals surface area contributed by atoms with Gasteiger partial charge in [0.1, 0.15) is 11.5 Å². The number of imidazole rings is 1. The Hall–Kier alpha value is -2.93. The van der Waals surface area contributed by atoms with Gasteiger partial charge >= 0.3 is 0 Å². The third-order valence-electron chi connectivity index (χ3n) is 6.85. The molecular formula is C25H31N5O2. The van der Waals surface area contributed by atoms with Gasteiger partial charge in [0.05, 0.1) is 18.0 Å². The highest BCUT2D eigenvalue weighted by Gasteiger charge is 2.35. The number of aliphatic hydroxyl groups excluding tert-OH is 1. The first-order chi connectivity index (χ1) is 15.6. The summed E-state index contributed by atoms with van der Waals surface area (Å²) in [6.07, 6.45) is 9.57. The lowest BCUT2D eigenvalue weighted by Crippen LogP contribution is -2.37. The number of hydrogen-bond donors (Lipinski definition) is 1. The molecule has 0 radical (unpaired) electrons. The molecule has 1 N–H and O–H groups in total. The maximum absolute atomic E-state index is 13.8. The third-order valence-corrected chi connectivity index (χ3v) is 6.85. The molecule has 0 aliphatic carbocycles. The number of aryl methyl sites for hydroxylation is 1. The monoisotopic (exact) mass is 433 g/mol. The maximum atomic E-state index is 13.8. The summed E-state index contributed by atoms with van der Waals surface area (Å²) in [6, 6.07) is 10.2. The van der Waals surface area contributed by atoms with Gasteiger partial charge in [0, 0.05) is 43.5 Å². The van der Waals surface area contributed by atoms with Gasteiger partial charge in [0.2, 0.25) is 0 Å². The Morgan fingerprint density at radius 1 is 1.16 bits per heavy atom. The van der Waals surface area contributed by atoms with Gasteiger partial charge in [-0.1, -0.05) is 36.8 Å². The quantitative estimate of drug-likeness (QED) is 0.665. The highest BCUT2D eigenvalue weighted by atomic mass is 16.3. The molecule has 2 aromatic heterocycles. The Labute approximate surface area is 188 Å². The number of rotatable bonds is 5. The Morgan fingerprint density at radius 2 is 2.00 bits per heavy atom. The van der Waals surface area contributed by atoms with E-state index in [1.807, 2.05) is 36.3 Å². The van der Waals surface area contributed by atoms with E-state index in [1.165, 1.54) is 6.42 Å². The number of aromatic nitrogens is 4. The molecule has 0 bridgehead atoms. The molecule has 5 rings (SSSR count). The van der Waals surface area contributed by atoms with E-state index in [0.717, 1.165) is 67.8 Å². The third kappa shape index (κ3) is 3.97. The second-order valence-electron chi connectivity index (χ2n) is 9.05. The highest BCUT2D eigenvalue weighted by Crippen LogP contribution is 2.32. The van der Waals surface area contributed by atoms with Gasteiger partial charge in [0.25, 0.3) is 5.91 Å². The number of nitrogens with zero attached hydrogens (tertiary/aromatic N) is 5. The number of aliphatic hydroxyl groups is 1. The Bertz CT molecular complexity index is 1090. The lowest BCUT2D eigenvalue weighted by Gasteiger charge is -2.26.